The molecule has 6 heteroatoms. The molecular formula is C17H24ClN3O2. The van der Waals surface area contributed by atoms with Crippen LogP contribution >= 0.6 is 11.6 Å². The lowest BCUT2D eigenvalue weighted by Gasteiger charge is -2.20. The largest absolute Gasteiger partial charge is 0.385 e. The summed E-state index contributed by atoms with van der Waals surface area (Å²) in [6.45, 7) is 12.7. The molecule has 1 aromatic rings. The van der Waals surface area contributed by atoms with Gasteiger partial charge in [-0.3, -0.25) is 15.0 Å². The van der Waals surface area contributed by atoms with E-state index < -0.39 is 5.91 Å². The second-order valence-corrected chi connectivity index (χ2v) is 6.80. The lowest BCUT2D eigenvalue weighted by molar-refractivity contribution is 0.0706. The van der Waals surface area contributed by atoms with Crippen LogP contribution < -0.4 is 10.8 Å². The van der Waals surface area contributed by atoms with Crippen molar-refractivity contribution in [1.82, 2.24) is 10.8 Å². The van der Waals surface area contributed by atoms with Gasteiger partial charge in [-0.1, -0.05) is 38.4 Å². The smallest absolute Gasteiger partial charge is 0.276 e. The van der Waals surface area contributed by atoms with E-state index in [1.54, 1.807) is 17.6 Å². The second kappa shape index (κ2) is 8.13. The molecule has 0 aliphatic heterocycles. The molecule has 0 spiro atoms. The summed E-state index contributed by atoms with van der Waals surface area (Å²) in [4.78, 5) is 15.7. The second-order valence-electron chi connectivity index (χ2n) is 6.39. The van der Waals surface area contributed by atoms with Gasteiger partial charge >= 0.3 is 0 Å². The lowest BCUT2D eigenvalue weighted by atomic mass is 9.92. The molecule has 5 nitrogen and oxygen atoms in total. The van der Waals surface area contributed by atoms with E-state index in [0.29, 0.717) is 11.3 Å². The third-order valence-electron chi connectivity index (χ3n) is 3.37. The van der Waals surface area contributed by atoms with Crippen molar-refractivity contribution in [1.29, 1.82) is 0 Å². The molecule has 0 atom stereocenters. The van der Waals surface area contributed by atoms with Crippen LogP contribution in [0.25, 0.3) is 5.70 Å². The molecule has 0 fully saturated rings. The maximum atomic E-state index is 11.7. The number of hydroxylamine groups is 1. The molecule has 0 bridgehead atoms. The molecule has 1 rings (SSSR count). The van der Waals surface area contributed by atoms with Gasteiger partial charge in [0, 0.05) is 17.8 Å². The predicted octanol–water partition coefficient (Wildman–Crippen LogP) is 4.18. The van der Waals surface area contributed by atoms with Crippen molar-refractivity contribution in [2.24, 2.45) is 10.4 Å². The summed E-state index contributed by atoms with van der Waals surface area (Å²) in [5.74, 6) is -0.669. The first kappa shape index (κ1) is 19.2. The molecule has 126 valence electrons. The lowest BCUT2D eigenvalue weighted by Crippen LogP contribution is -2.21. The molecule has 0 heterocycles. The van der Waals surface area contributed by atoms with E-state index in [2.05, 4.69) is 37.8 Å². The van der Waals surface area contributed by atoms with Crippen LogP contribution in [0.1, 0.15) is 50.0 Å². The number of carbonyl (C=O) groups is 1. The Labute approximate surface area is 142 Å². The summed E-state index contributed by atoms with van der Waals surface area (Å²) in [6.07, 6.45) is 2.89. The third kappa shape index (κ3) is 5.37. The Balaban J connectivity index is 3.16. The Bertz CT molecular complexity index is 619. The number of aliphatic imine (C=N–C) groups is 1. The van der Waals surface area contributed by atoms with Crippen molar-refractivity contribution in [2.75, 3.05) is 6.54 Å². The molecule has 23 heavy (non-hydrogen) atoms. The van der Waals surface area contributed by atoms with E-state index in [1.807, 2.05) is 13.0 Å². The summed E-state index contributed by atoms with van der Waals surface area (Å²) in [6, 6.07) is 3.15. The van der Waals surface area contributed by atoms with Gasteiger partial charge in [0.2, 0.25) is 0 Å². The Hall–Kier alpha value is -1.85. The van der Waals surface area contributed by atoms with Crippen LogP contribution in [0.3, 0.4) is 0 Å². The zero-order valence-corrected chi connectivity index (χ0v) is 14.8. The quantitative estimate of drug-likeness (QED) is 0.414. The molecule has 1 aromatic carbocycles. The number of rotatable bonds is 6. The van der Waals surface area contributed by atoms with Crippen LogP contribution in [0.5, 0.6) is 0 Å². The van der Waals surface area contributed by atoms with E-state index in [0.717, 1.165) is 18.7 Å². The maximum absolute atomic E-state index is 11.7. The minimum Gasteiger partial charge on any atom is -0.385 e. The average Bonchev–Trinajstić information content (AvgIpc) is 2.49. The van der Waals surface area contributed by atoms with Crippen molar-refractivity contribution in [3.05, 3.63) is 34.4 Å². The number of nitrogens with one attached hydrogen (secondary N) is 2. The van der Waals surface area contributed by atoms with Crippen LogP contribution in [0.2, 0.25) is 5.02 Å². The number of carbonyl (C=O) groups excluding carboxylic acids is 1. The zero-order valence-electron chi connectivity index (χ0n) is 14.0. The van der Waals surface area contributed by atoms with Gasteiger partial charge in [0.15, 0.2) is 0 Å². The SMILES string of the molecule is C=Nc1cc(Cl)c(C(=O)NO)cc1/C(=C\C)NCCC(C)(C)C. The van der Waals surface area contributed by atoms with Crippen molar-refractivity contribution >= 4 is 35.6 Å². The minimum atomic E-state index is -0.669. The molecular weight excluding hydrogens is 314 g/mol. The fourth-order valence-electron chi connectivity index (χ4n) is 2.07. The first-order valence-corrected chi connectivity index (χ1v) is 7.76. The molecule has 0 saturated carbocycles. The topological polar surface area (TPSA) is 73.7 Å². The first-order chi connectivity index (χ1) is 10.7. The molecule has 0 aromatic heterocycles. The fraction of sp³-hybridized carbons (Fsp3) is 0.412. The molecule has 1 amide bonds. The van der Waals surface area contributed by atoms with Gasteiger partial charge in [0.25, 0.3) is 5.91 Å². The zero-order chi connectivity index (χ0) is 17.6. The van der Waals surface area contributed by atoms with Crippen molar-refractivity contribution in [3.8, 4) is 0 Å². The molecule has 0 aliphatic rings. The summed E-state index contributed by atoms with van der Waals surface area (Å²) >= 11 is 6.07. The predicted molar refractivity (Wildman–Crippen MR) is 95.6 cm³/mol. The number of amides is 1. The first-order valence-electron chi connectivity index (χ1n) is 7.38. The van der Waals surface area contributed by atoms with Gasteiger partial charge in [-0.2, -0.15) is 0 Å². The van der Waals surface area contributed by atoms with Gasteiger partial charge in [0.05, 0.1) is 16.3 Å². The highest BCUT2D eigenvalue weighted by molar-refractivity contribution is 6.34. The van der Waals surface area contributed by atoms with Crippen molar-refractivity contribution in [2.45, 2.75) is 34.1 Å². The number of nitrogens with zero attached hydrogens (tertiary/aromatic N) is 1. The van der Waals surface area contributed by atoms with E-state index in [-0.39, 0.29) is 16.0 Å². The number of hydrogen-bond donors (Lipinski definition) is 3. The van der Waals surface area contributed by atoms with Crippen LogP contribution in [0, 0.1) is 5.41 Å². The number of allylic oxidation sites excluding steroid dienone is 1. The monoisotopic (exact) mass is 337 g/mol. The Morgan fingerprint density at radius 1 is 1.39 bits per heavy atom. The number of hydrogen-bond acceptors (Lipinski definition) is 4. The van der Waals surface area contributed by atoms with Crippen molar-refractivity contribution < 1.29 is 10.0 Å². The number of halogens is 1. The Morgan fingerprint density at radius 2 is 2.04 bits per heavy atom. The maximum Gasteiger partial charge on any atom is 0.276 e. The normalized spacial score (nSPS) is 12.0. The summed E-state index contributed by atoms with van der Waals surface area (Å²) < 4.78 is 0. The summed E-state index contributed by atoms with van der Waals surface area (Å²) in [5, 5.41) is 12.4. The molecule has 0 aliphatic carbocycles. The van der Waals surface area contributed by atoms with E-state index in [9.17, 15) is 4.79 Å². The van der Waals surface area contributed by atoms with Gasteiger partial charge < -0.3 is 5.32 Å². The molecule has 0 unspecified atom stereocenters. The van der Waals surface area contributed by atoms with E-state index >= 15 is 0 Å². The molecule has 3 N–H and O–H groups in total. The number of benzene rings is 1. The van der Waals surface area contributed by atoms with Gasteiger partial charge in [0.1, 0.15) is 0 Å². The van der Waals surface area contributed by atoms with Gasteiger partial charge in [-0.15, -0.1) is 0 Å². The van der Waals surface area contributed by atoms with Crippen molar-refractivity contribution in [3.63, 3.8) is 0 Å². The van der Waals surface area contributed by atoms with Crippen LogP contribution in [-0.2, 0) is 0 Å². The standard InChI is InChI=1S/C17H24ClN3O2/c1-6-14(20-8-7-17(2,3)4)12-9-11(16(22)21-23)13(18)10-15(12)19-5/h6,9-10,20,23H,5,7-8H2,1-4H3,(H,21,22)/b14-6+. The highest BCUT2D eigenvalue weighted by atomic mass is 35.5. The molecule has 0 saturated heterocycles. The fourth-order valence-corrected chi connectivity index (χ4v) is 2.31. The van der Waals surface area contributed by atoms with E-state index in [4.69, 9.17) is 16.8 Å². The van der Waals surface area contributed by atoms with Gasteiger partial charge in [-0.05, 0) is 37.6 Å². The summed E-state index contributed by atoms with van der Waals surface area (Å²) in [5.41, 5.74) is 4.10. The van der Waals surface area contributed by atoms with E-state index in [1.165, 1.54) is 0 Å². The van der Waals surface area contributed by atoms with Crippen LogP contribution in [-0.4, -0.2) is 24.4 Å². The third-order valence-corrected chi connectivity index (χ3v) is 3.68. The Kier molecular flexibility index (Phi) is 6.79. The summed E-state index contributed by atoms with van der Waals surface area (Å²) in [7, 11) is 0. The Morgan fingerprint density at radius 3 is 2.52 bits per heavy atom. The van der Waals surface area contributed by atoms with Crippen LogP contribution in [0.15, 0.2) is 23.2 Å². The average molecular weight is 338 g/mol. The van der Waals surface area contributed by atoms with Gasteiger partial charge in [-0.25, -0.2) is 5.48 Å². The van der Waals surface area contributed by atoms with Crippen LogP contribution in [0.4, 0.5) is 5.69 Å². The highest BCUT2D eigenvalue weighted by Crippen LogP contribution is 2.31. The molecule has 0 radical (unpaired) electrons. The minimum absolute atomic E-state index is 0.175. The highest BCUT2D eigenvalue weighted by Gasteiger charge is 2.16.